The molecule has 1 N–H and O–H groups in total. The zero-order chi connectivity index (χ0) is 23.4. The minimum atomic E-state index is -1.33. The van der Waals surface area contributed by atoms with Crippen molar-refractivity contribution in [1.82, 2.24) is 0 Å². The molecule has 3 atom stereocenters. The Morgan fingerprint density at radius 3 is 2.15 bits per heavy atom. The lowest BCUT2D eigenvalue weighted by atomic mass is 9.71. The normalized spacial score (nSPS) is 25.2. The molecule has 2 aliphatic rings. The molecule has 0 bridgehead atoms. The van der Waals surface area contributed by atoms with Crippen LogP contribution in [0.15, 0.2) is 63.5 Å². The quantitative estimate of drug-likeness (QED) is 0.387. The molecule has 0 radical (unpaired) electrons. The molecule has 1 saturated carbocycles. The van der Waals surface area contributed by atoms with E-state index in [9.17, 15) is 5.11 Å². The third kappa shape index (κ3) is 2.98. The van der Waals surface area contributed by atoms with Crippen LogP contribution in [0.3, 0.4) is 0 Å². The molecule has 3 aromatic carbocycles. The fraction of sp³-hybridized carbons (Fsp3) is 0.308. The number of aliphatic hydroxyl groups is 1. The van der Waals surface area contributed by atoms with E-state index >= 15 is 0 Å². The van der Waals surface area contributed by atoms with Gasteiger partial charge in [0.05, 0.1) is 26.9 Å². The predicted octanol–water partition coefficient (Wildman–Crippen LogP) is 6.29. The molecule has 1 fully saturated rings. The summed E-state index contributed by atoms with van der Waals surface area (Å²) in [7, 11) is 4.82. The minimum absolute atomic E-state index is 0.0918. The smallest absolute Gasteiger partial charge is 0.174 e. The lowest BCUT2D eigenvalue weighted by molar-refractivity contribution is -0.106. The molecule has 1 heterocycles. The number of benzene rings is 3. The van der Waals surface area contributed by atoms with Crippen molar-refractivity contribution in [3.05, 3.63) is 80.2 Å². The number of ether oxygens (including phenoxy) is 4. The van der Waals surface area contributed by atoms with E-state index in [0.29, 0.717) is 38.2 Å². The van der Waals surface area contributed by atoms with Gasteiger partial charge in [0.25, 0.3) is 0 Å². The number of halogens is 2. The number of rotatable bonds is 5. The maximum absolute atomic E-state index is 12.6. The maximum Gasteiger partial charge on any atom is 0.174 e. The summed E-state index contributed by atoms with van der Waals surface area (Å²) in [5.41, 5.74) is 0.208. The van der Waals surface area contributed by atoms with Gasteiger partial charge in [0.1, 0.15) is 31.8 Å². The second-order valence-corrected chi connectivity index (χ2v) is 9.91. The van der Waals surface area contributed by atoms with Gasteiger partial charge < -0.3 is 24.1 Å². The molecule has 33 heavy (non-hydrogen) atoms. The van der Waals surface area contributed by atoms with E-state index in [4.69, 9.17) is 18.9 Å². The fourth-order valence-electron chi connectivity index (χ4n) is 5.55. The summed E-state index contributed by atoms with van der Waals surface area (Å²) in [6.07, 6.45) is 1.25. The third-order valence-corrected chi connectivity index (χ3v) is 8.40. The van der Waals surface area contributed by atoms with Gasteiger partial charge in [-0.15, -0.1) is 0 Å². The zero-order valence-corrected chi connectivity index (χ0v) is 21.7. The van der Waals surface area contributed by atoms with E-state index in [2.05, 4.69) is 44.0 Å². The fourth-order valence-corrected chi connectivity index (χ4v) is 7.18. The van der Waals surface area contributed by atoms with Gasteiger partial charge in [-0.25, -0.2) is 0 Å². The van der Waals surface area contributed by atoms with Crippen molar-refractivity contribution in [1.29, 1.82) is 0 Å². The zero-order valence-electron chi connectivity index (χ0n) is 18.5. The van der Waals surface area contributed by atoms with Gasteiger partial charge in [-0.1, -0.05) is 42.5 Å². The topological polar surface area (TPSA) is 57.2 Å². The van der Waals surface area contributed by atoms with E-state index in [1.807, 2.05) is 42.5 Å². The van der Waals surface area contributed by atoms with Gasteiger partial charge in [-0.3, -0.25) is 0 Å². The largest absolute Gasteiger partial charge is 0.497 e. The summed E-state index contributed by atoms with van der Waals surface area (Å²) in [5, 5.41) is 12.6. The third-order valence-electron chi connectivity index (χ3n) is 6.96. The maximum atomic E-state index is 12.6. The van der Waals surface area contributed by atoms with Gasteiger partial charge in [0.15, 0.2) is 11.4 Å². The molecule has 3 unspecified atom stereocenters. The monoisotopic (exact) mass is 574 g/mol. The molecular weight excluding hydrogens is 552 g/mol. The first kappa shape index (κ1) is 22.6. The molecule has 0 amide bonds. The number of methoxy groups -OCH3 is 3. The van der Waals surface area contributed by atoms with Crippen LogP contribution in [0.2, 0.25) is 0 Å². The first-order valence-electron chi connectivity index (χ1n) is 10.7. The van der Waals surface area contributed by atoms with Gasteiger partial charge in [0, 0.05) is 5.92 Å². The Labute approximate surface area is 209 Å². The van der Waals surface area contributed by atoms with Gasteiger partial charge in [0.2, 0.25) is 0 Å². The van der Waals surface area contributed by atoms with Crippen LogP contribution in [-0.4, -0.2) is 26.4 Å². The highest BCUT2D eigenvalue weighted by atomic mass is 79.9. The Morgan fingerprint density at radius 1 is 0.879 bits per heavy atom. The summed E-state index contributed by atoms with van der Waals surface area (Å²) < 4.78 is 25.0. The van der Waals surface area contributed by atoms with E-state index in [1.165, 1.54) is 0 Å². The first-order chi connectivity index (χ1) is 15.9. The molecule has 0 saturated heterocycles. The van der Waals surface area contributed by atoms with E-state index in [1.54, 1.807) is 21.3 Å². The molecule has 5 nitrogen and oxygen atoms in total. The minimum Gasteiger partial charge on any atom is -0.497 e. The number of hydrogen-bond donors (Lipinski definition) is 1. The van der Waals surface area contributed by atoms with Crippen LogP contribution in [0, 0.1) is 0 Å². The first-order valence-corrected chi connectivity index (χ1v) is 12.3. The highest BCUT2D eigenvalue weighted by Crippen LogP contribution is 2.71. The Kier molecular flexibility index (Phi) is 5.62. The predicted molar refractivity (Wildman–Crippen MR) is 133 cm³/mol. The van der Waals surface area contributed by atoms with Gasteiger partial charge in [-0.05, 0) is 68.0 Å². The van der Waals surface area contributed by atoms with Crippen LogP contribution in [0.1, 0.15) is 35.4 Å². The van der Waals surface area contributed by atoms with E-state index in [-0.39, 0.29) is 5.92 Å². The summed E-state index contributed by atoms with van der Waals surface area (Å²) in [5.74, 6) is 2.25. The van der Waals surface area contributed by atoms with Crippen molar-refractivity contribution < 1.29 is 24.1 Å². The van der Waals surface area contributed by atoms with Crippen molar-refractivity contribution in [3.63, 3.8) is 0 Å². The number of fused-ring (bicyclic) bond motifs is 3. The SMILES string of the molecule is COc1ccc(C23Oc4c(Br)c(OC)c(Br)c(OC)c4C2(O)CCC3c2ccccc2)cc1. The molecule has 0 spiro atoms. The molecular formula is C26H24Br2O5. The van der Waals surface area contributed by atoms with Crippen molar-refractivity contribution >= 4 is 31.9 Å². The van der Waals surface area contributed by atoms with Gasteiger partial charge >= 0.3 is 0 Å². The summed E-state index contributed by atoms with van der Waals surface area (Å²) in [4.78, 5) is 0. The highest BCUT2D eigenvalue weighted by molar-refractivity contribution is 9.11. The van der Waals surface area contributed by atoms with Crippen molar-refractivity contribution in [2.45, 2.75) is 30.0 Å². The number of hydrogen-bond acceptors (Lipinski definition) is 5. The molecule has 1 aliphatic heterocycles. The average Bonchev–Trinajstić information content (AvgIpc) is 3.28. The Morgan fingerprint density at radius 2 is 1.55 bits per heavy atom. The second-order valence-electron chi connectivity index (χ2n) is 8.33. The Balaban J connectivity index is 1.82. The van der Waals surface area contributed by atoms with Crippen LogP contribution < -0.4 is 18.9 Å². The van der Waals surface area contributed by atoms with E-state index < -0.39 is 11.2 Å². The molecule has 7 heteroatoms. The van der Waals surface area contributed by atoms with Crippen molar-refractivity contribution in [2.24, 2.45) is 0 Å². The van der Waals surface area contributed by atoms with Gasteiger partial charge in [-0.2, -0.15) is 0 Å². The standard InChI is InChI=1S/C26H24Br2O5/c1-30-17-11-9-16(10-12-17)26-18(15-7-5-4-6-8-15)13-14-25(26,29)19-22(31-2)20(27)24(32-3)21(28)23(19)33-26/h4-12,18,29H,13-14H2,1-3H3. The van der Waals surface area contributed by atoms with Crippen LogP contribution >= 0.6 is 31.9 Å². The summed E-state index contributed by atoms with van der Waals surface area (Å²) in [6.45, 7) is 0. The molecule has 5 rings (SSSR count). The van der Waals surface area contributed by atoms with Crippen molar-refractivity contribution in [2.75, 3.05) is 21.3 Å². The van der Waals surface area contributed by atoms with Crippen LogP contribution in [0.25, 0.3) is 0 Å². The Bertz CT molecular complexity index is 1200. The molecule has 1 aliphatic carbocycles. The second kappa shape index (κ2) is 8.22. The van der Waals surface area contributed by atoms with Crippen LogP contribution in [-0.2, 0) is 11.2 Å². The average molecular weight is 576 g/mol. The van der Waals surface area contributed by atoms with Crippen molar-refractivity contribution in [3.8, 4) is 23.0 Å². The van der Waals surface area contributed by atoms with E-state index in [0.717, 1.165) is 23.3 Å². The molecule has 3 aromatic rings. The Hall–Kier alpha value is -2.22. The molecule has 172 valence electrons. The molecule has 0 aromatic heterocycles. The summed E-state index contributed by atoms with van der Waals surface area (Å²) in [6, 6.07) is 18.0. The highest BCUT2D eigenvalue weighted by Gasteiger charge is 2.70. The summed E-state index contributed by atoms with van der Waals surface area (Å²) >= 11 is 7.28. The lowest BCUT2D eigenvalue weighted by Gasteiger charge is -2.40. The van der Waals surface area contributed by atoms with Crippen LogP contribution in [0.4, 0.5) is 0 Å². The van der Waals surface area contributed by atoms with Crippen LogP contribution in [0.5, 0.6) is 23.0 Å². The lowest BCUT2D eigenvalue weighted by Crippen LogP contribution is -2.48.